The van der Waals surface area contributed by atoms with E-state index in [1.54, 1.807) is 35.6 Å². The highest BCUT2D eigenvalue weighted by molar-refractivity contribution is 7.10. The molecule has 4 nitrogen and oxygen atoms in total. The zero-order valence-corrected chi connectivity index (χ0v) is 15.1. The predicted octanol–water partition coefficient (Wildman–Crippen LogP) is 3.59. The summed E-state index contributed by atoms with van der Waals surface area (Å²) in [4.78, 5) is 16.2. The molecule has 0 aliphatic carbocycles. The number of amides is 1. The van der Waals surface area contributed by atoms with Crippen molar-refractivity contribution in [3.63, 3.8) is 0 Å². The van der Waals surface area contributed by atoms with E-state index in [1.807, 2.05) is 0 Å². The fourth-order valence-electron chi connectivity index (χ4n) is 3.03. The van der Waals surface area contributed by atoms with Gasteiger partial charge in [-0.3, -0.25) is 9.69 Å². The van der Waals surface area contributed by atoms with Gasteiger partial charge in [0.1, 0.15) is 0 Å². The van der Waals surface area contributed by atoms with Gasteiger partial charge in [-0.15, -0.1) is 11.3 Å². The van der Waals surface area contributed by atoms with Crippen molar-refractivity contribution in [3.8, 4) is 0 Å². The summed E-state index contributed by atoms with van der Waals surface area (Å²) in [7, 11) is 0. The quantitative estimate of drug-likeness (QED) is 0.881. The van der Waals surface area contributed by atoms with Crippen molar-refractivity contribution in [2.75, 3.05) is 26.3 Å². The van der Waals surface area contributed by atoms with E-state index in [0.717, 1.165) is 26.3 Å². The third kappa shape index (κ3) is 4.16. The Morgan fingerprint density at radius 2 is 1.96 bits per heavy atom. The number of thiophene rings is 1. The molecule has 3 rings (SSSR count). The van der Waals surface area contributed by atoms with Crippen molar-refractivity contribution < 1.29 is 9.53 Å². The average Bonchev–Trinajstić information content (AvgIpc) is 3.10. The Morgan fingerprint density at radius 1 is 1.25 bits per heavy atom. The van der Waals surface area contributed by atoms with Crippen LogP contribution in [0.4, 0.5) is 0 Å². The normalized spacial score (nSPS) is 18.1. The second kappa shape index (κ2) is 8.12. The Labute approximate surface area is 151 Å². The molecule has 1 aliphatic heterocycles. The molecular formula is C18H21ClN2O2S. The molecule has 2 atom stereocenters. The van der Waals surface area contributed by atoms with Gasteiger partial charge < -0.3 is 10.1 Å². The number of ether oxygens (including phenoxy) is 1. The molecule has 1 aliphatic rings. The summed E-state index contributed by atoms with van der Waals surface area (Å²) in [5.74, 6) is -0.0750. The number of hydrogen-bond donors (Lipinski definition) is 1. The first kappa shape index (κ1) is 17.4. The van der Waals surface area contributed by atoms with Crippen LogP contribution in [0.3, 0.4) is 0 Å². The summed E-state index contributed by atoms with van der Waals surface area (Å²) in [6.07, 6.45) is 0. The molecule has 6 heteroatoms. The molecule has 2 heterocycles. The lowest BCUT2D eigenvalue weighted by molar-refractivity contribution is 0.00969. The van der Waals surface area contributed by atoms with Crippen molar-refractivity contribution in [2.24, 2.45) is 0 Å². The van der Waals surface area contributed by atoms with Crippen molar-refractivity contribution in [2.45, 2.75) is 19.0 Å². The predicted molar refractivity (Wildman–Crippen MR) is 97.8 cm³/mol. The first-order chi connectivity index (χ1) is 11.6. The average molecular weight is 365 g/mol. The highest BCUT2D eigenvalue weighted by atomic mass is 35.5. The number of benzene rings is 1. The van der Waals surface area contributed by atoms with Crippen LogP contribution in [-0.2, 0) is 4.74 Å². The Morgan fingerprint density at radius 3 is 2.58 bits per heavy atom. The van der Waals surface area contributed by atoms with Crippen LogP contribution in [0.25, 0.3) is 0 Å². The standard InChI is InChI=1S/C18H21ClN2O2S/c1-13(20-18(22)14-4-6-15(19)7-5-14)17(16-3-2-12-24-16)21-8-10-23-11-9-21/h2-7,12-13,17H,8-11H2,1H3,(H,20,22)/t13-,17+/m0/s1. The van der Waals surface area contributed by atoms with Gasteiger partial charge in [0, 0.05) is 34.6 Å². The van der Waals surface area contributed by atoms with Crippen molar-refractivity contribution >= 4 is 28.8 Å². The molecular weight excluding hydrogens is 344 g/mol. The molecule has 1 fully saturated rings. The number of halogens is 1. The number of carbonyl (C=O) groups is 1. The summed E-state index contributed by atoms with van der Waals surface area (Å²) < 4.78 is 5.47. The molecule has 0 spiro atoms. The van der Waals surface area contributed by atoms with Crippen LogP contribution in [0.15, 0.2) is 41.8 Å². The lowest BCUT2D eigenvalue weighted by Crippen LogP contribution is -2.48. The highest BCUT2D eigenvalue weighted by Gasteiger charge is 2.29. The van der Waals surface area contributed by atoms with Gasteiger partial charge in [0.15, 0.2) is 0 Å². The molecule has 1 N–H and O–H groups in total. The number of nitrogens with zero attached hydrogens (tertiary/aromatic N) is 1. The SMILES string of the molecule is C[C@H](NC(=O)c1ccc(Cl)cc1)[C@H](c1cccs1)N1CCOCC1. The minimum atomic E-state index is -0.0750. The summed E-state index contributed by atoms with van der Waals surface area (Å²) >= 11 is 7.62. The number of nitrogens with one attached hydrogen (secondary N) is 1. The molecule has 1 aromatic heterocycles. The van der Waals surface area contributed by atoms with E-state index in [0.29, 0.717) is 10.6 Å². The second-order valence-corrected chi connectivity index (χ2v) is 7.29. The number of rotatable bonds is 5. The Bertz CT molecular complexity index is 654. The van der Waals surface area contributed by atoms with E-state index < -0.39 is 0 Å². The third-order valence-electron chi connectivity index (χ3n) is 4.21. The van der Waals surface area contributed by atoms with Crippen LogP contribution < -0.4 is 5.32 Å². The molecule has 1 saturated heterocycles. The van der Waals surface area contributed by atoms with Gasteiger partial charge in [0.25, 0.3) is 5.91 Å². The van der Waals surface area contributed by atoms with Crippen LogP contribution >= 0.6 is 22.9 Å². The maximum atomic E-state index is 12.5. The largest absolute Gasteiger partial charge is 0.379 e. The van der Waals surface area contributed by atoms with Crippen LogP contribution in [-0.4, -0.2) is 43.2 Å². The van der Waals surface area contributed by atoms with E-state index in [-0.39, 0.29) is 18.0 Å². The smallest absolute Gasteiger partial charge is 0.251 e. The van der Waals surface area contributed by atoms with E-state index in [4.69, 9.17) is 16.3 Å². The lowest BCUT2D eigenvalue weighted by Gasteiger charge is -2.37. The van der Waals surface area contributed by atoms with E-state index in [1.165, 1.54) is 4.88 Å². The molecule has 0 saturated carbocycles. The van der Waals surface area contributed by atoms with Gasteiger partial charge in [-0.25, -0.2) is 0 Å². The van der Waals surface area contributed by atoms with Gasteiger partial charge in [0.05, 0.1) is 19.3 Å². The zero-order chi connectivity index (χ0) is 16.9. The number of morpholine rings is 1. The van der Waals surface area contributed by atoms with E-state index in [9.17, 15) is 4.79 Å². The minimum absolute atomic E-state index is 0.00933. The highest BCUT2D eigenvalue weighted by Crippen LogP contribution is 2.29. The third-order valence-corrected chi connectivity index (χ3v) is 5.41. The fourth-order valence-corrected chi connectivity index (χ4v) is 4.12. The van der Waals surface area contributed by atoms with Gasteiger partial charge in [-0.05, 0) is 42.6 Å². The Kier molecular flexibility index (Phi) is 5.89. The first-order valence-electron chi connectivity index (χ1n) is 8.07. The summed E-state index contributed by atoms with van der Waals surface area (Å²) in [6, 6.07) is 11.3. The second-order valence-electron chi connectivity index (χ2n) is 5.88. The van der Waals surface area contributed by atoms with E-state index in [2.05, 4.69) is 34.7 Å². The van der Waals surface area contributed by atoms with Crippen LogP contribution in [0.2, 0.25) is 5.02 Å². The summed E-state index contributed by atoms with van der Waals surface area (Å²) in [6.45, 7) is 5.29. The molecule has 0 unspecified atom stereocenters. The topological polar surface area (TPSA) is 41.6 Å². The van der Waals surface area contributed by atoms with Crippen molar-refractivity contribution in [1.82, 2.24) is 10.2 Å². The van der Waals surface area contributed by atoms with Gasteiger partial charge in [0.2, 0.25) is 0 Å². The van der Waals surface area contributed by atoms with Gasteiger partial charge in [-0.2, -0.15) is 0 Å². The van der Waals surface area contributed by atoms with Crippen LogP contribution in [0.1, 0.15) is 28.2 Å². The maximum Gasteiger partial charge on any atom is 0.251 e. The monoisotopic (exact) mass is 364 g/mol. The molecule has 0 radical (unpaired) electrons. The van der Waals surface area contributed by atoms with Crippen LogP contribution in [0.5, 0.6) is 0 Å². The summed E-state index contributed by atoms with van der Waals surface area (Å²) in [5.41, 5.74) is 0.623. The minimum Gasteiger partial charge on any atom is -0.379 e. The zero-order valence-electron chi connectivity index (χ0n) is 13.6. The Balaban J connectivity index is 1.74. The Hall–Kier alpha value is -1.40. The molecule has 0 bridgehead atoms. The molecule has 128 valence electrons. The molecule has 2 aromatic rings. The molecule has 1 amide bonds. The fraction of sp³-hybridized carbons (Fsp3) is 0.389. The molecule has 24 heavy (non-hydrogen) atoms. The number of hydrogen-bond acceptors (Lipinski definition) is 4. The van der Waals surface area contributed by atoms with Gasteiger partial charge in [-0.1, -0.05) is 17.7 Å². The summed E-state index contributed by atoms with van der Waals surface area (Å²) in [5, 5.41) is 5.85. The van der Waals surface area contributed by atoms with Crippen molar-refractivity contribution in [3.05, 3.63) is 57.2 Å². The van der Waals surface area contributed by atoms with Crippen molar-refractivity contribution in [1.29, 1.82) is 0 Å². The maximum absolute atomic E-state index is 12.5. The van der Waals surface area contributed by atoms with E-state index >= 15 is 0 Å². The lowest BCUT2D eigenvalue weighted by atomic mass is 10.0. The van der Waals surface area contributed by atoms with Gasteiger partial charge >= 0.3 is 0 Å². The molecule has 1 aromatic carbocycles. The van der Waals surface area contributed by atoms with Crippen LogP contribution in [0, 0.1) is 0 Å². The first-order valence-corrected chi connectivity index (χ1v) is 9.32. The number of carbonyl (C=O) groups excluding carboxylic acids is 1.